The molecule has 2 aromatic rings. The van der Waals surface area contributed by atoms with Gasteiger partial charge < -0.3 is 5.32 Å². The monoisotopic (exact) mass is 450 g/mol. The number of hydrogen-bond acceptors (Lipinski definition) is 3. The molecule has 1 N–H and O–H groups in total. The van der Waals surface area contributed by atoms with Gasteiger partial charge in [0.1, 0.15) is 0 Å². The highest BCUT2D eigenvalue weighted by Gasteiger charge is 2.24. The summed E-state index contributed by atoms with van der Waals surface area (Å²) in [4.78, 5) is 14.9. The molecule has 1 aliphatic rings. The number of amides is 1. The number of aryl methyl sites for hydroxylation is 1. The second-order valence-electron chi connectivity index (χ2n) is 7.63. The van der Waals surface area contributed by atoms with Crippen LogP contribution in [0.5, 0.6) is 0 Å². The normalized spacial score (nSPS) is 15.4. The molecular weight excluding hydrogens is 423 g/mol. The van der Waals surface area contributed by atoms with Gasteiger partial charge in [0, 0.05) is 30.5 Å². The molecule has 3 rings (SSSR count). The van der Waals surface area contributed by atoms with Gasteiger partial charge in [0.2, 0.25) is 5.91 Å². The third kappa shape index (κ3) is 7.21. The lowest BCUT2D eigenvalue weighted by Gasteiger charge is -2.31. The van der Waals surface area contributed by atoms with Crippen molar-refractivity contribution in [2.45, 2.75) is 32.1 Å². The maximum absolute atomic E-state index is 12.5. The zero-order valence-corrected chi connectivity index (χ0v) is 19.1. The molecule has 0 bridgehead atoms. The highest BCUT2D eigenvalue weighted by molar-refractivity contribution is 7.98. The van der Waals surface area contributed by atoms with Crippen LogP contribution in [0.25, 0.3) is 0 Å². The predicted octanol–water partition coefficient (Wildman–Crippen LogP) is 5.56. The summed E-state index contributed by atoms with van der Waals surface area (Å²) in [6, 6.07) is 14.4. The molecule has 0 aliphatic carbocycles. The van der Waals surface area contributed by atoms with Crippen molar-refractivity contribution in [2.24, 2.45) is 5.92 Å². The molecule has 0 radical (unpaired) electrons. The lowest BCUT2D eigenvalue weighted by atomic mass is 9.95. The molecule has 0 aromatic heterocycles. The smallest absolute Gasteiger partial charge is 0.223 e. The highest BCUT2D eigenvalue weighted by atomic mass is 35.5. The number of carbonyl (C=O) groups is 1. The molecule has 1 heterocycles. The van der Waals surface area contributed by atoms with Crippen LogP contribution in [-0.4, -0.2) is 36.2 Å². The number of nitrogens with one attached hydrogen (secondary N) is 1. The van der Waals surface area contributed by atoms with Gasteiger partial charge in [-0.25, -0.2) is 0 Å². The van der Waals surface area contributed by atoms with Crippen molar-refractivity contribution in [1.29, 1.82) is 0 Å². The summed E-state index contributed by atoms with van der Waals surface area (Å²) < 4.78 is 0. The van der Waals surface area contributed by atoms with E-state index in [1.807, 2.05) is 18.2 Å². The Hall–Kier alpha value is -1.20. The van der Waals surface area contributed by atoms with Crippen molar-refractivity contribution < 1.29 is 4.79 Å². The zero-order chi connectivity index (χ0) is 20.6. The van der Waals surface area contributed by atoms with E-state index in [0.717, 1.165) is 49.5 Å². The van der Waals surface area contributed by atoms with E-state index in [9.17, 15) is 4.79 Å². The first-order valence-electron chi connectivity index (χ1n) is 10.1. The van der Waals surface area contributed by atoms with Crippen LogP contribution < -0.4 is 5.32 Å². The molecule has 156 valence electrons. The zero-order valence-electron chi connectivity index (χ0n) is 16.8. The number of nitrogens with zero attached hydrogens (tertiary/aromatic N) is 1. The number of piperidine rings is 1. The highest BCUT2D eigenvalue weighted by Crippen LogP contribution is 2.24. The molecule has 29 heavy (non-hydrogen) atoms. The summed E-state index contributed by atoms with van der Waals surface area (Å²) in [6.07, 6.45) is 1.88. The number of thioether (sulfide) groups is 1. The largest absolute Gasteiger partial charge is 0.355 e. The van der Waals surface area contributed by atoms with E-state index in [1.54, 1.807) is 11.8 Å². The van der Waals surface area contributed by atoms with Gasteiger partial charge in [-0.3, -0.25) is 9.69 Å². The Morgan fingerprint density at radius 3 is 2.62 bits per heavy atom. The van der Waals surface area contributed by atoms with E-state index in [1.165, 1.54) is 11.1 Å². The van der Waals surface area contributed by atoms with Gasteiger partial charge in [-0.05, 0) is 56.1 Å². The number of hydrogen-bond donors (Lipinski definition) is 1. The molecule has 1 fully saturated rings. The quantitative estimate of drug-likeness (QED) is 0.533. The van der Waals surface area contributed by atoms with Crippen LogP contribution in [-0.2, 0) is 17.1 Å². The van der Waals surface area contributed by atoms with Gasteiger partial charge in [-0.2, -0.15) is 11.8 Å². The molecule has 0 atom stereocenters. The molecule has 1 aliphatic heterocycles. The van der Waals surface area contributed by atoms with E-state index in [4.69, 9.17) is 23.2 Å². The number of halogens is 2. The molecule has 1 amide bonds. The molecule has 3 nitrogen and oxygen atoms in total. The number of rotatable bonds is 8. The maximum atomic E-state index is 12.5. The standard InChI is InChI=1S/C23H28Cl2N2OS/c1-17-3-2-4-18(13-17)15-27-10-7-20(8-11-27)23(28)26-9-12-29-16-19-5-6-21(24)22(25)14-19/h2-6,13-14,20H,7-12,15-16H2,1H3,(H,26,28). The Bertz CT molecular complexity index is 822. The third-order valence-electron chi connectivity index (χ3n) is 5.25. The van der Waals surface area contributed by atoms with Crippen LogP contribution in [0.1, 0.15) is 29.5 Å². The van der Waals surface area contributed by atoms with Crippen molar-refractivity contribution in [2.75, 3.05) is 25.4 Å². The van der Waals surface area contributed by atoms with Crippen LogP contribution in [0, 0.1) is 12.8 Å². The number of carbonyl (C=O) groups excluding carboxylic acids is 1. The maximum Gasteiger partial charge on any atom is 0.223 e. The molecule has 1 saturated heterocycles. The van der Waals surface area contributed by atoms with Gasteiger partial charge in [0.15, 0.2) is 0 Å². The van der Waals surface area contributed by atoms with E-state index >= 15 is 0 Å². The van der Waals surface area contributed by atoms with Crippen LogP contribution >= 0.6 is 35.0 Å². The summed E-state index contributed by atoms with van der Waals surface area (Å²) in [5.41, 5.74) is 3.80. The van der Waals surface area contributed by atoms with Crippen LogP contribution in [0.2, 0.25) is 10.0 Å². The van der Waals surface area contributed by atoms with E-state index in [-0.39, 0.29) is 11.8 Å². The SMILES string of the molecule is Cc1cccc(CN2CCC(C(=O)NCCSCc3ccc(Cl)c(Cl)c3)CC2)c1. The second kappa shape index (κ2) is 11.3. The van der Waals surface area contributed by atoms with Gasteiger partial charge in [0.05, 0.1) is 10.0 Å². The first-order valence-corrected chi connectivity index (χ1v) is 12.0. The van der Waals surface area contributed by atoms with Gasteiger partial charge in [-0.1, -0.05) is 59.1 Å². The Labute approximate surface area is 188 Å². The van der Waals surface area contributed by atoms with Gasteiger partial charge >= 0.3 is 0 Å². The summed E-state index contributed by atoms with van der Waals surface area (Å²) in [5.74, 6) is 2.10. The molecule has 6 heteroatoms. The summed E-state index contributed by atoms with van der Waals surface area (Å²) in [7, 11) is 0. The summed E-state index contributed by atoms with van der Waals surface area (Å²) in [5, 5.41) is 4.28. The van der Waals surface area contributed by atoms with Gasteiger partial charge in [-0.15, -0.1) is 0 Å². The minimum absolute atomic E-state index is 0.142. The fourth-order valence-electron chi connectivity index (χ4n) is 3.63. The summed E-state index contributed by atoms with van der Waals surface area (Å²) >= 11 is 13.8. The molecular formula is C23H28Cl2N2OS. The molecule has 2 aromatic carbocycles. The predicted molar refractivity (Wildman–Crippen MR) is 125 cm³/mol. The Morgan fingerprint density at radius 2 is 1.90 bits per heavy atom. The van der Waals surface area contributed by atoms with Crippen molar-refractivity contribution in [3.05, 3.63) is 69.2 Å². The first kappa shape index (κ1) is 22.5. The summed E-state index contributed by atoms with van der Waals surface area (Å²) in [6.45, 7) is 5.77. The fourth-order valence-corrected chi connectivity index (χ4v) is 4.76. The minimum atomic E-state index is 0.142. The van der Waals surface area contributed by atoms with E-state index in [0.29, 0.717) is 16.6 Å². The lowest BCUT2D eigenvalue weighted by molar-refractivity contribution is -0.126. The second-order valence-corrected chi connectivity index (χ2v) is 9.55. The molecule has 0 saturated carbocycles. The average molecular weight is 451 g/mol. The molecule has 0 spiro atoms. The van der Waals surface area contributed by atoms with Crippen molar-refractivity contribution >= 4 is 40.9 Å². The topological polar surface area (TPSA) is 32.3 Å². The van der Waals surface area contributed by atoms with Crippen molar-refractivity contribution in [3.63, 3.8) is 0 Å². The average Bonchev–Trinajstić information content (AvgIpc) is 2.71. The van der Waals surface area contributed by atoms with Crippen molar-refractivity contribution in [3.8, 4) is 0 Å². The van der Waals surface area contributed by atoms with Crippen LogP contribution in [0.3, 0.4) is 0 Å². The Balaban J connectivity index is 1.31. The van der Waals surface area contributed by atoms with Gasteiger partial charge in [0.25, 0.3) is 0 Å². The number of benzene rings is 2. The minimum Gasteiger partial charge on any atom is -0.355 e. The first-order chi connectivity index (χ1) is 14.0. The molecule has 0 unspecified atom stereocenters. The number of likely N-dealkylation sites (tertiary alicyclic amines) is 1. The van der Waals surface area contributed by atoms with Crippen LogP contribution in [0.4, 0.5) is 0 Å². The fraction of sp³-hybridized carbons (Fsp3) is 0.435. The van der Waals surface area contributed by atoms with E-state index < -0.39 is 0 Å². The van der Waals surface area contributed by atoms with E-state index in [2.05, 4.69) is 41.4 Å². The Morgan fingerprint density at radius 1 is 1.10 bits per heavy atom. The third-order valence-corrected chi connectivity index (χ3v) is 7.01. The van der Waals surface area contributed by atoms with Crippen molar-refractivity contribution in [1.82, 2.24) is 10.2 Å². The lowest BCUT2D eigenvalue weighted by Crippen LogP contribution is -2.40. The van der Waals surface area contributed by atoms with Crippen LogP contribution in [0.15, 0.2) is 42.5 Å². The Kier molecular flexibility index (Phi) is 8.73.